The van der Waals surface area contributed by atoms with Gasteiger partial charge in [0.2, 0.25) is 100 Å². The molecule has 8 rings (SSSR count). The maximum atomic E-state index is 15.8. The maximum Gasteiger partial charge on any atom is 0.246 e. The minimum absolute atomic E-state index is 0.00802. The lowest BCUT2D eigenvalue weighted by Crippen LogP contribution is -2.62. The molecule has 3 aliphatic rings. The number of carbonyl (C=O) groups excluding carboxylic acids is 17. The number of fused-ring (bicyclic) bond motifs is 4. The van der Waals surface area contributed by atoms with E-state index in [0.29, 0.717) is 64.2 Å². The van der Waals surface area contributed by atoms with Crippen LogP contribution in [0, 0.1) is 11.3 Å². The van der Waals surface area contributed by atoms with Gasteiger partial charge in [0, 0.05) is 106 Å². The number of phenolic OH excluding ortho intramolecular Hbond substituents is 1. The number of rotatable bonds is 26. The number of primary amides is 2. The molecule has 732 valence electrons. The Morgan fingerprint density at radius 1 is 0.545 bits per heavy atom. The summed E-state index contributed by atoms with van der Waals surface area (Å²) in [5.74, 6) is -18.0. The van der Waals surface area contributed by atoms with E-state index in [4.69, 9.17) is 28.3 Å². The number of nitrogens with one attached hydrogen (secondary N) is 14. The van der Waals surface area contributed by atoms with E-state index < -0.39 is 241 Å². The zero-order chi connectivity index (χ0) is 98.5. The topological polar surface area (TPSA) is 659 Å². The van der Waals surface area contributed by atoms with Crippen molar-refractivity contribution in [3.63, 3.8) is 0 Å². The number of benzene rings is 3. The standard InChI is InChI=1S/C90H131N23O20S/c1-10-12-25-68-81(125)101-60(24-18-34-96-90(94)95)78(122)107-67(77(121)99-44-73(93)118)46-134-47-74(119)100-64(37-51-28-30-54(115)31-29-51)85(129)109(7)49(5)76(120)104-66(41-72(92)117)87(131)112-35-19-27-69(112)82(126)102-61(32-33-91)79(123)105-63(36-48(3)4)88(132)113-45-55(116)40-71(113)83(127)103-62(38-52-42-97-58-22-16-14-20-56(52)58)80(124)108-75(50(6)114)84(128)106-65(39-53-43-98-59-23-17-15-21-57(53)59)86(130)111(9)70(26-13-11-2)89(133)110(68)8/h14-17,20-23,28-31,42-43,48-50,55,60-71,75,97-98,114-116H,10-13,18-19,24-27,32-41,44-47,91H2,1-9H3,(H2,92,117)(H2,93,118)(H,99,121)(H,100,119)(H,101,125)(H,102,126)(H,103,127)(H,104,120)(H,105,123)(H,106,128)(H,107,122)(H,108,124)(H4,94,95,96)/t49-,50+,55+,60-,61?,62-,63-,64-,65-,66-,67-,68-,69-,70-,71-,75-/m0/s1. The van der Waals surface area contributed by atoms with Crippen LogP contribution in [0.4, 0.5) is 0 Å². The maximum absolute atomic E-state index is 15.8. The fourth-order valence-electron chi connectivity index (χ4n) is 16.6. The summed E-state index contributed by atoms with van der Waals surface area (Å²) < 4.78 is 0. The molecule has 44 heteroatoms. The molecule has 16 atom stereocenters. The monoisotopic (exact) mass is 1890 g/mol. The van der Waals surface area contributed by atoms with Crippen LogP contribution in [0.15, 0.2) is 85.2 Å². The summed E-state index contributed by atoms with van der Waals surface area (Å²) in [6.45, 7) is 8.10. The lowest BCUT2D eigenvalue weighted by Gasteiger charge is -2.36. The van der Waals surface area contributed by atoms with Gasteiger partial charge in [-0.25, -0.2) is 0 Å². The number of H-pyrrole nitrogens is 2. The molecule has 2 aromatic heterocycles. The summed E-state index contributed by atoms with van der Waals surface area (Å²) in [5.41, 5.74) is 25.5. The molecule has 5 heterocycles. The predicted octanol–water partition coefficient (Wildman–Crippen LogP) is -3.16. The average Bonchev–Trinajstić information content (AvgIpc) is 1.39. The number of guanidine groups is 1. The smallest absolute Gasteiger partial charge is 0.246 e. The van der Waals surface area contributed by atoms with Crippen LogP contribution in [0.1, 0.15) is 148 Å². The fourth-order valence-corrected chi connectivity index (χ4v) is 17.4. The number of aliphatic hydroxyl groups is 2. The van der Waals surface area contributed by atoms with Crippen molar-refractivity contribution in [3.05, 3.63) is 102 Å². The highest BCUT2D eigenvalue weighted by atomic mass is 32.2. The zero-order valence-corrected chi connectivity index (χ0v) is 77.9. The van der Waals surface area contributed by atoms with Crippen LogP contribution in [0.25, 0.3) is 21.8 Å². The predicted molar refractivity (Wildman–Crippen MR) is 496 cm³/mol. The Bertz CT molecular complexity index is 5010. The molecule has 0 aliphatic carbocycles. The molecule has 0 spiro atoms. The van der Waals surface area contributed by atoms with Gasteiger partial charge in [0.15, 0.2) is 5.96 Å². The van der Waals surface area contributed by atoms with Crippen molar-refractivity contribution < 1.29 is 96.8 Å². The summed E-state index contributed by atoms with van der Waals surface area (Å²) in [5, 5.41) is 71.4. The van der Waals surface area contributed by atoms with Gasteiger partial charge >= 0.3 is 0 Å². The van der Waals surface area contributed by atoms with Crippen molar-refractivity contribution in [3.8, 4) is 5.75 Å². The first-order valence-electron chi connectivity index (χ1n) is 45.2. The van der Waals surface area contributed by atoms with Gasteiger partial charge in [0.25, 0.3) is 0 Å². The number of likely N-dealkylation sites (N-methyl/N-ethyl adjacent to an activating group) is 3. The number of aliphatic hydroxyl groups excluding tert-OH is 2. The highest BCUT2D eigenvalue weighted by molar-refractivity contribution is 8.00. The summed E-state index contributed by atoms with van der Waals surface area (Å²) in [6.07, 6.45) is -0.711. The van der Waals surface area contributed by atoms with E-state index >= 15 is 33.6 Å². The third-order valence-corrected chi connectivity index (χ3v) is 25.1. The fraction of sp³-hybridized carbons (Fsp3) is 0.556. The normalized spacial score (nSPS) is 25.1. The molecule has 134 heavy (non-hydrogen) atoms. The van der Waals surface area contributed by atoms with Crippen LogP contribution in [-0.2, 0) is 101 Å². The quantitative estimate of drug-likeness (QED) is 0.0148. The van der Waals surface area contributed by atoms with Crippen LogP contribution >= 0.6 is 11.8 Å². The van der Waals surface area contributed by atoms with Gasteiger partial charge in [-0.15, -0.1) is 11.8 Å². The number of amides is 17. The van der Waals surface area contributed by atoms with Crippen molar-refractivity contribution in [2.45, 2.75) is 247 Å². The second-order valence-corrected chi connectivity index (χ2v) is 35.8. The first-order chi connectivity index (χ1) is 63.6. The molecular formula is C90H131N23O20S. The van der Waals surface area contributed by atoms with E-state index in [1.807, 2.05) is 13.8 Å². The number of carbonyl (C=O) groups is 17. The number of unbranched alkanes of at least 4 members (excludes halogenated alkanes) is 2. The van der Waals surface area contributed by atoms with Gasteiger partial charge in [-0.2, -0.15) is 0 Å². The van der Waals surface area contributed by atoms with Crippen LogP contribution in [0.3, 0.4) is 0 Å². The summed E-state index contributed by atoms with van der Waals surface area (Å²) in [4.78, 5) is 262. The number of nitrogens with two attached hydrogens (primary N) is 4. The summed E-state index contributed by atoms with van der Waals surface area (Å²) in [6, 6.07) is -2.19. The number of hydrogen-bond acceptors (Lipinski definition) is 23. The molecule has 0 radical (unpaired) electrons. The number of phenols is 1. The van der Waals surface area contributed by atoms with Crippen LogP contribution in [0.5, 0.6) is 5.75 Å². The van der Waals surface area contributed by atoms with E-state index in [-0.39, 0.29) is 102 Å². The van der Waals surface area contributed by atoms with Gasteiger partial charge in [0.1, 0.15) is 90.3 Å². The van der Waals surface area contributed by atoms with Gasteiger partial charge in [-0.1, -0.05) is 102 Å². The lowest BCUT2D eigenvalue weighted by molar-refractivity contribution is -0.149. The highest BCUT2D eigenvalue weighted by Crippen LogP contribution is 2.28. The third kappa shape index (κ3) is 29.8. The molecule has 17 amide bonds. The van der Waals surface area contributed by atoms with Crippen LogP contribution < -0.4 is 81.4 Å². The molecule has 1 unspecified atom stereocenters. The average molecular weight is 1890 g/mol. The van der Waals surface area contributed by atoms with E-state index in [9.17, 15) is 63.3 Å². The Kier molecular flexibility index (Phi) is 40.3. The van der Waals surface area contributed by atoms with Gasteiger partial charge in [-0.05, 0) is 119 Å². The second-order valence-electron chi connectivity index (χ2n) is 34.8. The number of thioether (sulfide) groups is 1. The number of hydrogen-bond donors (Lipinski definition) is 21. The Morgan fingerprint density at radius 2 is 1.07 bits per heavy atom. The molecule has 3 fully saturated rings. The van der Waals surface area contributed by atoms with Gasteiger partial charge in [-0.3, -0.25) is 86.9 Å². The van der Waals surface area contributed by atoms with Gasteiger partial charge < -0.3 is 131 Å². The lowest BCUT2D eigenvalue weighted by atomic mass is 9.99. The Hall–Kier alpha value is -13.0. The molecule has 43 nitrogen and oxygen atoms in total. The minimum atomic E-state index is -1.92. The minimum Gasteiger partial charge on any atom is -0.508 e. The van der Waals surface area contributed by atoms with Gasteiger partial charge in [0.05, 0.1) is 30.9 Å². The molecular weight excluding hydrogens is 1760 g/mol. The Labute approximate surface area is 780 Å². The second kappa shape index (κ2) is 50.8. The molecule has 0 bridgehead atoms. The summed E-state index contributed by atoms with van der Waals surface area (Å²) in [7, 11) is 3.90. The number of nitrogens with zero attached hydrogens (tertiary/aromatic N) is 5. The van der Waals surface area contributed by atoms with E-state index in [1.54, 1.807) is 74.8 Å². The molecule has 3 aliphatic heterocycles. The van der Waals surface area contributed by atoms with Crippen molar-refractivity contribution in [2.24, 2.45) is 28.9 Å². The highest BCUT2D eigenvalue weighted by Gasteiger charge is 2.47. The van der Waals surface area contributed by atoms with Crippen molar-refractivity contribution in [2.75, 3.05) is 65.4 Å². The first-order valence-corrected chi connectivity index (χ1v) is 46.4. The molecule has 25 N–H and O–H groups in total. The Morgan fingerprint density at radius 3 is 1.67 bits per heavy atom. The van der Waals surface area contributed by atoms with E-state index in [0.717, 1.165) is 36.3 Å². The number of aromatic amines is 2. The number of para-hydroxylation sites is 2. The number of aromatic hydroxyl groups is 1. The zero-order valence-electron chi connectivity index (χ0n) is 77.1. The van der Waals surface area contributed by atoms with Crippen molar-refractivity contribution in [1.29, 1.82) is 5.41 Å². The molecule has 0 saturated carbocycles. The molecule has 5 aromatic rings. The summed E-state index contributed by atoms with van der Waals surface area (Å²) >= 11 is 0.760. The SMILES string of the molecule is CCCC[C@H]1C(=O)N(C)[C@@H](CCCC)C(=O)N[C@@H](CCCNC(=N)N)C(=O)N[C@H](C(=O)NCC(N)=O)CSCC(=O)N[C@@H](Cc2ccc(O)cc2)C(=O)N(C)[C@@H](C)C(=O)N[C@@H](CC(N)=O)C(=O)N2CCC[C@H]2C(=O)NC(CCN)C(=O)N[C@@H](CC(C)C)C(=O)N2C[C@H](O)C[C@H]2C(=O)N[C@@H](Cc2c[nH]c3ccccc23)C(=O)N[C@@H]([C@@H](C)O)C(=O)N[C@@H](Cc2c[nH]c3ccccc23)C(=O)N1C. The largest absolute Gasteiger partial charge is 0.508 e. The van der Waals surface area contributed by atoms with Crippen LogP contribution in [0.2, 0.25) is 0 Å². The Balaban J connectivity index is 1.20. The van der Waals surface area contributed by atoms with E-state index in [2.05, 4.69) is 68.5 Å². The molecule has 3 aromatic carbocycles. The van der Waals surface area contributed by atoms with Crippen molar-refractivity contribution >= 4 is 140 Å². The third-order valence-electron chi connectivity index (χ3n) is 24.0. The number of aromatic nitrogens is 2. The van der Waals surface area contributed by atoms with Crippen LogP contribution in [-0.4, -0.2) is 318 Å². The first kappa shape index (κ1) is 106. The van der Waals surface area contributed by atoms with Crippen molar-refractivity contribution in [1.82, 2.24) is 93.0 Å². The van der Waals surface area contributed by atoms with E-state index in [1.165, 1.54) is 59.3 Å². The molecule has 3 saturated heterocycles.